The van der Waals surface area contributed by atoms with Crippen molar-refractivity contribution in [3.8, 4) is 11.1 Å². The van der Waals surface area contributed by atoms with Gasteiger partial charge in [-0.1, -0.05) is 29.3 Å². The number of hydrogen-bond acceptors (Lipinski definition) is 4. The summed E-state index contributed by atoms with van der Waals surface area (Å²) in [6, 6.07) is 8.58. The van der Waals surface area contributed by atoms with E-state index < -0.39 is 11.2 Å². The van der Waals surface area contributed by atoms with Gasteiger partial charge in [-0.05, 0) is 31.2 Å². The number of benzene rings is 1. The van der Waals surface area contributed by atoms with Crippen LogP contribution in [0.1, 0.15) is 19.8 Å². The summed E-state index contributed by atoms with van der Waals surface area (Å²) >= 11 is 12.5. The van der Waals surface area contributed by atoms with Gasteiger partial charge in [-0.15, -0.1) is 5.10 Å². The molecule has 0 bridgehead atoms. The van der Waals surface area contributed by atoms with E-state index in [1.54, 1.807) is 37.3 Å². The van der Waals surface area contributed by atoms with E-state index in [-0.39, 0.29) is 6.04 Å². The standard InChI is InChI=1S/C18H15Cl2FN4O/c1-18(21)7-10(8-18)23-14-6-5-13-16(17(26)22-9-25(13)24-14)15-11(19)3-2-4-12(15)20/h2-6,9-10H,7-8H2,1H3,(H,23,24). The van der Waals surface area contributed by atoms with Crippen molar-refractivity contribution in [2.75, 3.05) is 5.32 Å². The number of alkyl halides is 1. The number of anilines is 1. The molecule has 134 valence electrons. The number of nitrogens with zero attached hydrogens (tertiary/aromatic N) is 3. The lowest BCUT2D eigenvalue weighted by Crippen LogP contribution is -2.45. The molecule has 1 aliphatic rings. The first kappa shape index (κ1) is 17.2. The van der Waals surface area contributed by atoms with Crippen molar-refractivity contribution in [3.63, 3.8) is 0 Å². The number of rotatable bonds is 3. The minimum atomic E-state index is -1.12. The smallest absolute Gasteiger partial charge is 0.281 e. The van der Waals surface area contributed by atoms with Crippen LogP contribution in [0.5, 0.6) is 0 Å². The van der Waals surface area contributed by atoms with Crippen molar-refractivity contribution >= 4 is 34.5 Å². The summed E-state index contributed by atoms with van der Waals surface area (Å²) in [4.78, 5) is 16.3. The second kappa shape index (κ2) is 6.21. The van der Waals surface area contributed by atoms with Crippen LogP contribution in [-0.2, 0) is 0 Å². The van der Waals surface area contributed by atoms with E-state index in [1.165, 1.54) is 10.8 Å². The highest BCUT2D eigenvalue weighted by molar-refractivity contribution is 6.39. The number of halogens is 3. The van der Waals surface area contributed by atoms with E-state index in [1.807, 2.05) is 0 Å². The summed E-state index contributed by atoms with van der Waals surface area (Å²) in [6.45, 7) is 1.59. The number of aromatic nitrogens is 3. The molecule has 0 saturated heterocycles. The van der Waals surface area contributed by atoms with Crippen LogP contribution in [0.25, 0.3) is 16.6 Å². The van der Waals surface area contributed by atoms with Crippen LogP contribution in [0.2, 0.25) is 10.0 Å². The summed E-state index contributed by atoms with van der Waals surface area (Å²) in [7, 11) is 0. The second-order valence-corrected chi connectivity index (χ2v) is 7.55. The van der Waals surface area contributed by atoms with Gasteiger partial charge in [0.25, 0.3) is 5.56 Å². The van der Waals surface area contributed by atoms with Crippen molar-refractivity contribution in [2.45, 2.75) is 31.5 Å². The van der Waals surface area contributed by atoms with Crippen LogP contribution in [0.3, 0.4) is 0 Å². The Balaban J connectivity index is 1.78. The predicted molar refractivity (Wildman–Crippen MR) is 101 cm³/mol. The molecule has 1 N–H and O–H groups in total. The molecule has 1 saturated carbocycles. The van der Waals surface area contributed by atoms with Crippen LogP contribution >= 0.6 is 23.2 Å². The Labute approximate surface area is 158 Å². The van der Waals surface area contributed by atoms with Gasteiger partial charge in [-0.3, -0.25) is 4.79 Å². The minimum absolute atomic E-state index is 0.0415. The molecule has 8 heteroatoms. The molecule has 0 unspecified atom stereocenters. The van der Waals surface area contributed by atoms with Crippen LogP contribution < -0.4 is 10.9 Å². The summed E-state index contributed by atoms with van der Waals surface area (Å²) in [5.41, 5.74) is -0.290. The first-order valence-corrected chi connectivity index (χ1v) is 8.88. The van der Waals surface area contributed by atoms with Crippen molar-refractivity contribution < 1.29 is 4.39 Å². The Kier molecular flexibility index (Phi) is 4.12. The minimum Gasteiger partial charge on any atom is -0.366 e. The Hall–Kier alpha value is -2.18. The maximum absolute atomic E-state index is 13.6. The van der Waals surface area contributed by atoms with Crippen molar-refractivity contribution in [3.05, 3.63) is 57.1 Å². The predicted octanol–water partition coefficient (Wildman–Crippen LogP) is 4.37. The molecule has 0 radical (unpaired) electrons. The van der Waals surface area contributed by atoms with Gasteiger partial charge in [0.05, 0.1) is 21.1 Å². The average Bonchev–Trinajstić information content (AvgIpc) is 2.55. The molecular formula is C18H15Cl2FN4O. The molecule has 1 aromatic carbocycles. The Morgan fingerprint density at radius 1 is 1.19 bits per heavy atom. The van der Waals surface area contributed by atoms with Crippen molar-refractivity contribution in [1.29, 1.82) is 0 Å². The third kappa shape index (κ3) is 3.04. The Morgan fingerprint density at radius 3 is 2.54 bits per heavy atom. The van der Waals surface area contributed by atoms with Crippen LogP contribution in [0, 0.1) is 0 Å². The zero-order chi connectivity index (χ0) is 18.5. The zero-order valence-electron chi connectivity index (χ0n) is 13.8. The molecule has 0 atom stereocenters. The molecular weight excluding hydrogens is 378 g/mol. The fourth-order valence-electron chi connectivity index (χ4n) is 3.33. The van der Waals surface area contributed by atoms with E-state index in [4.69, 9.17) is 23.2 Å². The maximum atomic E-state index is 13.6. The summed E-state index contributed by atoms with van der Waals surface area (Å²) < 4.78 is 15.1. The van der Waals surface area contributed by atoms with E-state index in [0.717, 1.165) is 0 Å². The monoisotopic (exact) mass is 392 g/mol. The zero-order valence-corrected chi connectivity index (χ0v) is 15.4. The van der Waals surface area contributed by atoms with Gasteiger partial charge in [0.2, 0.25) is 0 Å². The van der Waals surface area contributed by atoms with E-state index in [2.05, 4.69) is 15.4 Å². The molecule has 3 aromatic rings. The highest BCUT2D eigenvalue weighted by Gasteiger charge is 2.40. The van der Waals surface area contributed by atoms with E-state index >= 15 is 0 Å². The third-order valence-corrected chi connectivity index (χ3v) is 5.15. The molecule has 1 aliphatic carbocycles. The van der Waals surface area contributed by atoms with Gasteiger partial charge in [0, 0.05) is 24.4 Å². The molecule has 26 heavy (non-hydrogen) atoms. The number of nitrogens with one attached hydrogen (secondary N) is 1. The third-order valence-electron chi connectivity index (χ3n) is 4.52. The SMILES string of the molecule is CC1(F)CC(Nc2ccc3c(-c4c(Cl)cccc4Cl)c(=O)ncn3n2)C1. The second-order valence-electron chi connectivity index (χ2n) is 6.73. The maximum Gasteiger partial charge on any atom is 0.281 e. The lowest BCUT2D eigenvalue weighted by molar-refractivity contribution is 0.0721. The lowest BCUT2D eigenvalue weighted by Gasteiger charge is -2.39. The largest absolute Gasteiger partial charge is 0.366 e. The normalized spacial score (nSPS) is 22.2. The summed E-state index contributed by atoms with van der Waals surface area (Å²) in [6.07, 6.45) is 2.22. The Bertz CT molecular complexity index is 1040. The van der Waals surface area contributed by atoms with E-state index in [0.29, 0.717) is 45.3 Å². The van der Waals surface area contributed by atoms with Gasteiger partial charge in [-0.25, -0.2) is 8.91 Å². The molecule has 0 amide bonds. The van der Waals surface area contributed by atoms with Crippen molar-refractivity contribution in [1.82, 2.24) is 14.6 Å². The number of fused-ring (bicyclic) bond motifs is 1. The first-order chi connectivity index (χ1) is 12.3. The highest BCUT2D eigenvalue weighted by Crippen LogP contribution is 2.37. The number of hydrogen-bond donors (Lipinski definition) is 1. The quantitative estimate of drug-likeness (QED) is 0.718. The van der Waals surface area contributed by atoms with Crippen LogP contribution in [0.4, 0.5) is 10.2 Å². The lowest BCUT2D eigenvalue weighted by atomic mass is 9.79. The molecule has 1 fully saturated rings. The van der Waals surface area contributed by atoms with Gasteiger partial charge < -0.3 is 5.32 Å². The molecule has 0 aliphatic heterocycles. The van der Waals surface area contributed by atoms with Crippen LogP contribution in [-0.4, -0.2) is 26.3 Å². The molecule has 2 heterocycles. The molecule has 0 spiro atoms. The fourth-order valence-corrected chi connectivity index (χ4v) is 3.92. The molecule has 2 aromatic heterocycles. The van der Waals surface area contributed by atoms with Crippen molar-refractivity contribution in [2.24, 2.45) is 0 Å². The fraction of sp³-hybridized carbons (Fsp3) is 0.278. The van der Waals surface area contributed by atoms with Gasteiger partial charge >= 0.3 is 0 Å². The molecule has 4 rings (SSSR count). The highest BCUT2D eigenvalue weighted by atomic mass is 35.5. The van der Waals surface area contributed by atoms with Crippen LogP contribution in [0.15, 0.2) is 41.5 Å². The topological polar surface area (TPSA) is 59.3 Å². The molecule has 5 nitrogen and oxygen atoms in total. The van der Waals surface area contributed by atoms with Gasteiger partial charge in [0.1, 0.15) is 17.8 Å². The summed E-state index contributed by atoms with van der Waals surface area (Å²) in [5, 5.41) is 8.35. The van der Waals surface area contributed by atoms with Gasteiger partial charge in [-0.2, -0.15) is 4.98 Å². The van der Waals surface area contributed by atoms with Gasteiger partial charge in [0.15, 0.2) is 0 Å². The summed E-state index contributed by atoms with van der Waals surface area (Å²) in [5.74, 6) is 0.583. The average molecular weight is 393 g/mol. The first-order valence-electron chi connectivity index (χ1n) is 8.13. The Morgan fingerprint density at radius 2 is 1.88 bits per heavy atom. The van der Waals surface area contributed by atoms with E-state index in [9.17, 15) is 9.18 Å².